The summed E-state index contributed by atoms with van der Waals surface area (Å²) in [5.74, 6) is 0.609. The standard InChI is InChI=1S/C21H26BrNO2/c1-5-16-7-8-17(6-2)18(11-16)12-23-20(24)13-25-19-9-14(3)21(22)15(4)10-19/h7-11H,5-6,12-13H2,1-4H3,(H,23,24). The molecular formula is C21H26BrNO2. The van der Waals surface area contributed by atoms with Gasteiger partial charge >= 0.3 is 0 Å². The molecule has 25 heavy (non-hydrogen) atoms. The molecule has 0 aliphatic heterocycles. The van der Waals surface area contributed by atoms with Crippen LogP contribution in [0.5, 0.6) is 5.75 Å². The van der Waals surface area contributed by atoms with Gasteiger partial charge in [-0.15, -0.1) is 0 Å². The predicted molar refractivity (Wildman–Crippen MR) is 106 cm³/mol. The van der Waals surface area contributed by atoms with E-state index < -0.39 is 0 Å². The number of hydrogen-bond acceptors (Lipinski definition) is 2. The Hall–Kier alpha value is -1.81. The zero-order chi connectivity index (χ0) is 18.4. The molecule has 0 saturated heterocycles. The second-order valence-electron chi connectivity index (χ2n) is 6.25. The molecule has 2 aromatic carbocycles. The number of nitrogens with one attached hydrogen (secondary N) is 1. The van der Waals surface area contributed by atoms with E-state index in [1.165, 1.54) is 16.7 Å². The average Bonchev–Trinajstić information content (AvgIpc) is 2.62. The summed E-state index contributed by atoms with van der Waals surface area (Å²) in [5.41, 5.74) is 5.94. The third-order valence-corrected chi connectivity index (χ3v) is 5.57. The molecule has 0 aliphatic rings. The van der Waals surface area contributed by atoms with Crippen molar-refractivity contribution in [1.82, 2.24) is 5.32 Å². The molecule has 2 aromatic rings. The summed E-state index contributed by atoms with van der Waals surface area (Å²) in [7, 11) is 0. The highest BCUT2D eigenvalue weighted by atomic mass is 79.9. The van der Waals surface area contributed by atoms with E-state index in [9.17, 15) is 4.79 Å². The van der Waals surface area contributed by atoms with E-state index >= 15 is 0 Å². The first-order valence-electron chi connectivity index (χ1n) is 8.71. The van der Waals surface area contributed by atoms with Crippen molar-refractivity contribution < 1.29 is 9.53 Å². The number of amides is 1. The fourth-order valence-electron chi connectivity index (χ4n) is 2.79. The topological polar surface area (TPSA) is 38.3 Å². The van der Waals surface area contributed by atoms with E-state index in [1.54, 1.807) is 0 Å². The van der Waals surface area contributed by atoms with Gasteiger partial charge in [-0.2, -0.15) is 0 Å². The molecule has 0 saturated carbocycles. The molecule has 1 amide bonds. The normalized spacial score (nSPS) is 10.6. The van der Waals surface area contributed by atoms with Crippen molar-refractivity contribution in [2.75, 3.05) is 6.61 Å². The average molecular weight is 404 g/mol. The highest BCUT2D eigenvalue weighted by Crippen LogP contribution is 2.26. The summed E-state index contributed by atoms with van der Waals surface area (Å²) in [6.07, 6.45) is 1.96. The van der Waals surface area contributed by atoms with Gasteiger partial charge in [-0.1, -0.05) is 48.0 Å². The third kappa shape index (κ3) is 5.33. The highest BCUT2D eigenvalue weighted by molar-refractivity contribution is 9.10. The Morgan fingerprint density at radius 3 is 2.32 bits per heavy atom. The summed E-state index contributed by atoms with van der Waals surface area (Å²) in [6, 6.07) is 10.4. The van der Waals surface area contributed by atoms with Crippen molar-refractivity contribution in [3.63, 3.8) is 0 Å². The second-order valence-corrected chi connectivity index (χ2v) is 7.04. The molecule has 0 aromatic heterocycles. The molecule has 0 spiro atoms. The van der Waals surface area contributed by atoms with Gasteiger partial charge in [0.2, 0.25) is 0 Å². The predicted octanol–water partition coefficient (Wildman–Crippen LogP) is 4.89. The van der Waals surface area contributed by atoms with Gasteiger partial charge in [0.1, 0.15) is 5.75 Å². The van der Waals surface area contributed by atoms with Crippen molar-refractivity contribution in [1.29, 1.82) is 0 Å². The lowest BCUT2D eigenvalue weighted by Gasteiger charge is -2.13. The largest absolute Gasteiger partial charge is 0.484 e. The van der Waals surface area contributed by atoms with Crippen LogP contribution in [0.1, 0.15) is 41.7 Å². The van der Waals surface area contributed by atoms with Crippen LogP contribution in [-0.4, -0.2) is 12.5 Å². The molecule has 134 valence electrons. The third-order valence-electron chi connectivity index (χ3n) is 4.32. The maximum absolute atomic E-state index is 12.1. The first-order valence-corrected chi connectivity index (χ1v) is 9.50. The molecule has 0 radical (unpaired) electrons. The van der Waals surface area contributed by atoms with Crippen molar-refractivity contribution in [2.24, 2.45) is 0 Å². The number of carbonyl (C=O) groups excluding carboxylic acids is 1. The van der Waals surface area contributed by atoms with Crippen molar-refractivity contribution in [3.8, 4) is 5.75 Å². The number of ether oxygens (including phenoxy) is 1. The minimum atomic E-state index is -0.109. The molecule has 0 bridgehead atoms. The van der Waals surface area contributed by atoms with E-state index in [0.29, 0.717) is 6.54 Å². The van der Waals surface area contributed by atoms with Crippen LogP contribution in [0.2, 0.25) is 0 Å². The molecule has 4 heteroatoms. The van der Waals surface area contributed by atoms with Gasteiger partial charge in [0.15, 0.2) is 6.61 Å². The number of rotatable bonds is 7. The number of carbonyl (C=O) groups is 1. The highest BCUT2D eigenvalue weighted by Gasteiger charge is 2.08. The van der Waals surface area contributed by atoms with Crippen LogP contribution < -0.4 is 10.1 Å². The Morgan fingerprint density at radius 1 is 1.04 bits per heavy atom. The molecular weight excluding hydrogens is 378 g/mol. The second kappa shape index (κ2) is 9.04. The molecule has 3 nitrogen and oxygen atoms in total. The van der Waals surface area contributed by atoms with Crippen LogP contribution >= 0.6 is 15.9 Å². The Balaban J connectivity index is 1.93. The van der Waals surface area contributed by atoms with E-state index in [0.717, 1.165) is 34.2 Å². The van der Waals surface area contributed by atoms with E-state index in [2.05, 4.69) is 53.3 Å². The van der Waals surface area contributed by atoms with Gasteiger partial charge in [-0.3, -0.25) is 4.79 Å². The number of benzene rings is 2. The van der Waals surface area contributed by atoms with Gasteiger partial charge in [0, 0.05) is 11.0 Å². The van der Waals surface area contributed by atoms with Crippen molar-refractivity contribution in [3.05, 3.63) is 62.6 Å². The molecule has 0 aliphatic carbocycles. The molecule has 1 N–H and O–H groups in total. The van der Waals surface area contributed by atoms with Gasteiger partial charge in [0.25, 0.3) is 5.91 Å². The lowest BCUT2D eigenvalue weighted by Crippen LogP contribution is -2.28. The van der Waals surface area contributed by atoms with Gasteiger partial charge < -0.3 is 10.1 Å². The van der Waals surface area contributed by atoms with Crippen LogP contribution in [0.15, 0.2) is 34.8 Å². The minimum absolute atomic E-state index is 0.0233. The molecule has 0 unspecified atom stereocenters. The molecule has 0 atom stereocenters. The van der Waals surface area contributed by atoms with Crippen LogP contribution in [0, 0.1) is 13.8 Å². The van der Waals surface area contributed by atoms with Crippen LogP contribution in [0.25, 0.3) is 0 Å². The zero-order valence-electron chi connectivity index (χ0n) is 15.4. The first kappa shape index (κ1) is 19.5. The number of halogens is 1. The number of aryl methyl sites for hydroxylation is 4. The maximum Gasteiger partial charge on any atom is 0.258 e. The summed E-state index contributed by atoms with van der Waals surface area (Å²) in [4.78, 5) is 12.1. The lowest BCUT2D eigenvalue weighted by molar-refractivity contribution is -0.123. The van der Waals surface area contributed by atoms with E-state index in [-0.39, 0.29) is 12.5 Å². The Bertz CT molecular complexity index is 733. The van der Waals surface area contributed by atoms with Gasteiger partial charge in [-0.25, -0.2) is 0 Å². The number of hydrogen-bond donors (Lipinski definition) is 1. The van der Waals surface area contributed by atoms with Gasteiger partial charge in [-0.05, 0) is 66.6 Å². The Kier molecular flexibility index (Phi) is 7.06. The summed E-state index contributed by atoms with van der Waals surface area (Å²) >= 11 is 3.53. The summed E-state index contributed by atoms with van der Waals surface area (Å²) in [6.45, 7) is 8.86. The zero-order valence-corrected chi connectivity index (χ0v) is 17.0. The quantitative estimate of drug-likeness (QED) is 0.714. The lowest BCUT2D eigenvalue weighted by atomic mass is 10.0. The fourth-order valence-corrected chi connectivity index (χ4v) is 3.02. The van der Waals surface area contributed by atoms with E-state index in [1.807, 2.05) is 26.0 Å². The molecule has 0 fully saturated rings. The van der Waals surface area contributed by atoms with Crippen molar-refractivity contribution >= 4 is 21.8 Å². The summed E-state index contributed by atoms with van der Waals surface area (Å²) < 4.78 is 6.72. The Labute approximate surface area is 158 Å². The van der Waals surface area contributed by atoms with Crippen LogP contribution in [-0.2, 0) is 24.2 Å². The van der Waals surface area contributed by atoms with Crippen LogP contribution in [0.4, 0.5) is 0 Å². The van der Waals surface area contributed by atoms with Crippen molar-refractivity contribution in [2.45, 2.75) is 47.1 Å². The van der Waals surface area contributed by atoms with E-state index in [4.69, 9.17) is 4.74 Å². The SMILES string of the molecule is CCc1ccc(CC)c(CNC(=O)COc2cc(C)c(Br)c(C)c2)c1. The fraction of sp³-hybridized carbons (Fsp3) is 0.381. The minimum Gasteiger partial charge on any atom is -0.484 e. The monoisotopic (exact) mass is 403 g/mol. The Morgan fingerprint density at radius 2 is 1.72 bits per heavy atom. The maximum atomic E-state index is 12.1. The first-order chi connectivity index (χ1) is 11.9. The molecule has 2 rings (SSSR count). The smallest absolute Gasteiger partial charge is 0.258 e. The molecule has 0 heterocycles. The summed E-state index contributed by atoms with van der Waals surface area (Å²) in [5, 5.41) is 2.96. The van der Waals surface area contributed by atoms with Gasteiger partial charge in [0.05, 0.1) is 0 Å². The van der Waals surface area contributed by atoms with Crippen LogP contribution in [0.3, 0.4) is 0 Å².